The van der Waals surface area contributed by atoms with Crippen molar-refractivity contribution >= 4 is 35.0 Å². The Balaban J connectivity index is 1.32. The van der Waals surface area contributed by atoms with Gasteiger partial charge in [-0.2, -0.15) is 0 Å². The van der Waals surface area contributed by atoms with Gasteiger partial charge in [0.25, 0.3) is 11.8 Å². The second-order valence-corrected chi connectivity index (χ2v) is 11.5. The number of hydrogen-bond acceptors (Lipinski definition) is 8. The Morgan fingerprint density at radius 2 is 1.89 bits per heavy atom. The summed E-state index contributed by atoms with van der Waals surface area (Å²) in [6.07, 6.45) is 7.27. The summed E-state index contributed by atoms with van der Waals surface area (Å²) in [5, 5.41) is 13.8. The van der Waals surface area contributed by atoms with Crippen molar-refractivity contribution in [2.24, 2.45) is 0 Å². The molecule has 1 aromatic carbocycles. The van der Waals surface area contributed by atoms with E-state index in [2.05, 4.69) is 31.2 Å². The average Bonchev–Trinajstić information content (AvgIpc) is 3.82. The summed E-state index contributed by atoms with van der Waals surface area (Å²) in [6.45, 7) is 2.59. The highest BCUT2D eigenvalue weighted by Crippen LogP contribution is 2.23. The quantitative estimate of drug-likeness (QED) is 0.248. The molecular weight excluding hydrogens is 582 g/mol. The second kappa shape index (κ2) is 14.6. The third-order valence-corrected chi connectivity index (χ3v) is 8.26. The van der Waals surface area contributed by atoms with E-state index in [0.717, 1.165) is 5.56 Å². The highest BCUT2D eigenvalue weighted by molar-refractivity contribution is 7.09. The lowest BCUT2D eigenvalue weighted by atomic mass is 10.0. The van der Waals surface area contributed by atoms with Crippen molar-refractivity contribution in [1.29, 1.82) is 0 Å². The van der Waals surface area contributed by atoms with E-state index in [4.69, 9.17) is 4.42 Å². The van der Waals surface area contributed by atoms with Gasteiger partial charge in [-0.25, -0.2) is 9.97 Å². The molecule has 0 aliphatic carbocycles. The van der Waals surface area contributed by atoms with Gasteiger partial charge in [-0.1, -0.05) is 37.3 Å². The maximum absolute atomic E-state index is 13.5. The highest BCUT2D eigenvalue weighted by Gasteiger charge is 2.29. The molecule has 44 heavy (non-hydrogen) atoms. The van der Waals surface area contributed by atoms with Gasteiger partial charge in [-0.05, 0) is 49.8 Å². The molecule has 3 aromatic heterocycles. The zero-order valence-corrected chi connectivity index (χ0v) is 25.1. The lowest BCUT2D eigenvalue weighted by Gasteiger charge is -2.24. The minimum atomic E-state index is -0.922. The van der Waals surface area contributed by atoms with Crippen molar-refractivity contribution < 1.29 is 23.6 Å². The van der Waals surface area contributed by atoms with Crippen LogP contribution < -0.4 is 21.3 Å². The molecule has 1 aliphatic heterocycles. The van der Waals surface area contributed by atoms with Crippen LogP contribution in [0.15, 0.2) is 71.0 Å². The molecule has 0 saturated heterocycles. The van der Waals surface area contributed by atoms with Crippen molar-refractivity contribution in [3.05, 3.63) is 94.4 Å². The number of fused-ring (bicyclic) bond motifs is 2. The first-order chi connectivity index (χ1) is 21.4. The molecule has 2 bridgehead atoms. The normalized spacial score (nSPS) is 19.9. The fourth-order valence-corrected chi connectivity index (χ4v) is 5.76. The number of nitrogens with one attached hydrogen (secondary N) is 4. The molecule has 230 valence electrons. The molecule has 4 N–H and O–H groups in total. The molecule has 5 rings (SSSR count). The number of nitrogens with zero attached hydrogens (tertiary/aromatic N) is 3. The van der Waals surface area contributed by atoms with E-state index in [1.807, 2.05) is 34.9 Å². The molecule has 4 amide bonds. The van der Waals surface area contributed by atoms with Crippen molar-refractivity contribution in [3.63, 3.8) is 0 Å². The second-order valence-electron chi connectivity index (χ2n) is 10.6. The largest absolute Gasteiger partial charge is 0.454 e. The lowest BCUT2D eigenvalue weighted by molar-refractivity contribution is -0.130. The number of rotatable bonds is 7. The lowest BCUT2D eigenvalue weighted by Crippen LogP contribution is -2.54. The SMILES string of the molecule is CC[C@H]1NC(=O)[C@@H](NC(=O)c2ccc(Cn3ccnc3)o2)CCCCNC(=O)c2csc(n2)[C@H](Cc2ccccc2)NC1=O. The summed E-state index contributed by atoms with van der Waals surface area (Å²) in [5.41, 5.74) is 1.28. The van der Waals surface area contributed by atoms with Crippen LogP contribution >= 0.6 is 11.3 Å². The maximum Gasteiger partial charge on any atom is 0.287 e. The predicted molar refractivity (Wildman–Crippen MR) is 163 cm³/mol. The summed E-state index contributed by atoms with van der Waals surface area (Å²) in [6, 6.07) is 10.6. The van der Waals surface area contributed by atoms with Crippen LogP contribution in [0.1, 0.15) is 76.0 Å². The molecule has 1 aliphatic rings. The van der Waals surface area contributed by atoms with E-state index in [-0.39, 0.29) is 17.6 Å². The van der Waals surface area contributed by atoms with Crippen LogP contribution in [0.5, 0.6) is 0 Å². The Morgan fingerprint density at radius 3 is 2.66 bits per heavy atom. The van der Waals surface area contributed by atoms with Crippen LogP contribution in [-0.2, 0) is 22.6 Å². The number of amides is 4. The molecule has 0 spiro atoms. The average molecular weight is 618 g/mol. The van der Waals surface area contributed by atoms with Crippen molar-refractivity contribution in [1.82, 2.24) is 35.8 Å². The summed E-state index contributed by atoms with van der Waals surface area (Å²) < 4.78 is 7.53. The van der Waals surface area contributed by atoms with Crippen LogP contribution in [0, 0.1) is 0 Å². The van der Waals surface area contributed by atoms with Crippen molar-refractivity contribution in [3.8, 4) is 0 Å². The van der Waals surface area contributed by atoms with Gasteiger partial charge < -0.3 is 30.3 Å². The van der Waals surface area contributed by atoms with E-state index in [1.54, 1.807) is 43.2 Å². The van der Waals surface area contributed by atoms with Crippen LogP contribution in [0.3, 0.4) is 0 Å². The molecule has 0 fully saturated rings. The Labute approximate surface area is 258 Å². The Bertz CT molecular complexity index is 1570. The fourth-order valence-electron chi connectivity index (χ4n) is 4.91. The van der Waals surface area contributed by atoms with Gasteiger partial charge in [0.05, 0.1) is 18.9 Å². The number of thiazole rings is 1. The number of carbonyl (C=O) groups excluding carboxylic acids is 4. The Morgan fingerprint density at radius 1 is 1.07 bits per heavy atom. The topological polar surface area (TPSA) is 160 Å². The van der Waals surface area contributed by atoms with Crippen LogP contribution in [-0.4, -0.2) is 56.8 Å². The monoisotopic (exact) mass is 617 g/mol. The number of carbonyl (C=O) groups is 4. The Kier molecular flexibility index (Phi) is 10.2. The fraction of sp³-hybridized carbons (Fsp3) is 0.355. The van der Waals surface area contributed by atoms with Crippen LogP contribution in [0.4, 0.5) is 0 Å². The van der Waals surface area contributed by atoms with Crippen LogP contribution in [0.25, 0.3) is 0 Å². The zero-order chi connectivity index (χ0) is 30.9. The smallest absolute Gasteiger partial charge is 0.287 e. The summed E-state index contributed by atoms with van der Waals surface area (Å²) in [7, 11) is 0. The van der Waals surface area contributed by atoms with Crippen LogP contribution in [0.2, 0.25) is 0 Å². The molecule has 4 aromatic rings. The molecule has 0 unspecified atom stereocenters. The molecule has 12 nitrogen and oxygen atoms in total. The number of aromatic nitrogens is 3. The summed E-state index contributed by atoms with van der Waals surface area (Å²) in [5.74, 6) is -1.06. The molecule has 13 heteroatoms. The first-order valence-corrected chi connectivity index (χ1v) is 15.5. The van der Waals surface area contributed by atoms with E-state index in [0.29, 0.717) is 61.7 Å². The maximum atomic E-state index is 13.5. The highest BCUT2D eigenvalue weighted by atomic mass is 32.1. The number of hydrogen-bond donors (Lipinski definition) is 4. The third kappa shape index (κ3) is 7.98. The van der Waals surface area contributed by atoms with Crippen molar-refractivity contribution in [2.45, 2.75) is 63.7 Å². The van der Waals surface area contributed by atoms with Gasteiger partial charge in [0.15, 0.2) is 5.76 Å². The van der Waals surface area contributed by atoms with Gasteiger partial charge in [-0.3, -0.25) is 19.2 Å². The minimum Gasteiger partial charge on any atom is -0.454 e. The van der Waals surface area contributed by atoms with E-state index in [1.165, 1.54) is 11.3 Å². The summed E-state index contributed by atoms with van der Waals surface area (Å²) >= 11 is 1.30. The predicted octanol–water partition coefficient (Wildman–Crippen LogP) is 2.99. The number of benzene rings is 1. The van der Waals surface area contributed by atoms with E-state index >= 15 is 0 Å². The van der Waals surface area contributed by atoms with Crippen molar-refractivity contribution in [2.75, 3.05) is 6.54 Å². The van der Waals surface area contributed by atoms with Gasteiger partial charge >= 0.3 is 0 Å². The first kappa shape index (κ1) is 30.7. The number of imidazole rings is 1. The van der Waals surface area contributed by atoms with E-state index in [9.17, 15) is 19.2 Å². The molecule has 0 radical (unpaired) electrons. The van der Waals surface area contributed by atoms with Gasteiger partial charge in [-0.15, -0.1) is 11.3 Å². The van der Waals surface area contributed by atoms with Gasteiger partial charge in [0, 0.05) is 24.3 Å². The van der Waals surface area contributed by atoms with E-state index < -0.39 is 29.9 Å². The minimum absolute atomic E-state index is 0.0721. The Hall–Kier alpha value is -4.78. The molecule has 3 atom stereocenters. The third-order valence-electron chi connectivity index (χ3n) is 7.30. The molecule has 4 heterocycles. The molecular formula is C31H35N7O5S. The van der Waals surface area contributed by atoms with Gasteiger partial charge in [0.1, 0.15) is 28.5 Å². The van der Waals surface area contributed by atoms with Gasteiger partial charge in [0.2, 0.25) is 11.8 Å². The molecule has 0 saturated carbocycles. The zero-order valence-electron chi connectivity index (χ0n) is 24.3. The standard InChI is InChI=1S/C31H35N7O5S/c1-2-22-28(40)36-24(16-20-8-4-3-5-9-20)31-37-25(18-44-31)27(39)33-13-7-6-10-23(29(41)34-22)35-30(42)26-12-11-21(43-26)17-38-15-14-32-19-38/h3-5,8-9,11-12,14-15,18-19,22-24H,2,6-7,10,13,16-17H2,1H3,(H,33,39)(H,34,41)(H,35,42)(H,36,40)/t22-,23+,24+/m1/s1. The summed E-state index contributed by atoms with van der Waals surface area (Å²) in [4.78, 5) is 61.5. The first-order valence-electron chi connectivity index (χ1n) is 14.6. The number of furan rings is 1.